The molecule has 1 N–H and O–H groups in total. The molecule has 126 valence electrons. The van der Waals surface area contributed by atoms with Gasteiger partial charge < -0.3 is 10.1 Å². The summed E-state index contributed by atoms with van der Waals surface area (Å²) in [5, 5.41) is 14.1. The normalized spacial score (nSPS) is 10.3. The lowest BCUT2D eigenvalue weighted by Crippen LogP contribution is -2.11. The zero-order valence-electron chi connectivity index (χ0n) is 12.8. The van der Waals surface area contributed by atoms with Crippen molar-refractivity contribution in [3.05, 3.63) is 61.4 Å². The molecule has 0 radical (unpaired) electrons. The lowest BCUT2D eigenvalue weighted by molar-refractivity contribution is -0.385. The monoisotopic (exact) mass is 369 g/mol. The Balaban J connectivity index is 2.39. The summed E-state index contributed by atoms with van der Waals surface area (Å²) in [6.07, 6.45) is 0. The molecule has 0 unspecified atom stereocenters. The van der Waals surface area contributed by atoms with E-state index < -0.39 is 10.9 Å². The zero-order valence-corrected chi connectivity index (χ0v) is 14.3. The van der Waals surface area contributed by atoms with Crippen LogP contribution in [0.2, 0.25) is 10.2 Å². The van der Waals surface area contributed by atoms with Crippen molar-refractivity contribution >= 4 is 40.5 Å². The SMILES string of the molecule is COC(=O)c1nc(Cl)c(Cl)c(NCc2ccccc2[N+](=O)[O-])c1C. The van der Waals surface area contributed by atoms with Crippen LogP contribution in [0.4, 0.5) is 11.4 Å². The summed E-state index contributed by atoms with van der Waals surface area (Å²) in [5.74, 6) is -0.653. The molecule has 1 aromatic carbocycles. The van der Waals surface area contributed by atoms with E-state index in [0.29, 0.717) is 16.8 Å². The number of para-hydroxylation sites is 1. The van der Waals surface area contributed by atoms with Crippen LogP contribution in [0, 0.1) is 17.0 Å². The summed E-state index contributed by atoms with van der Waals surface area (Å²) < 4.78 is 4.66. The van der Waals surface area contributed by atoms with Gasteiger partial charge in [0.15, 0.2) is 10.8 Å². The maximum atomic E-state index is 11.8. The number of nitro benzene ring substituents is 1. The number of nitrogens with zero attached hydrogens (tertiary/aromatic N) is 2. The quantitative estimate of drug-likeness (QED) is 0.370. The molecule has 0 aliphatic rings. The van der Waals surface area contributed by atoms with Gasteiger partial charge in [0.1, 0.15) is 5.02 Å². The van der Waals surface area contributed by atoms with Crippen LogP contribution in [-0.2, 0) is 11.3 Å². The predicted octanol–water partition coefficient (Wildman–Crippen LogP) is 4.00. The van der Waals surface area contributed by atoms with Gasteiger partial charge in [-0.2, -0.15) is 0 Å². The molecule has 9 heteroatoms. The molecule has 24 heavy (non-hydrogen) atoms. The van der Waals surface area contributed by atoms with E-state index in [0.717, 1.165) is 0 Å². The van der Waals surface area contributed by atoms with E-state index in [1.54, 1.807) is 25.1 Å². The maximum Gasteiger partial charge on any atom is 0.357 e. The van der Waals surface area contributed by atoms with Crippen LogP contribution in [0.5, 0.6) is 0 Å². The number of esters is 1. The third-order valence-electron chi connectivity index (χ3n) is 3.36. The number of rotatable bonds is 5. The molecule has 1 heterocycles. The Bertz CT molecular complexity index is 812. The smallest absolute Gasteiger partial charge is 0.357 e. The molecule has 0 amide bonds. The molecule has 0 spiro atoms. The van der Waals surface area contributed by atoms with Crippen LogP contribution >= 0.6 is 23.2 Å². The predicted molar refractivity (Wildman–Crippen MR) is 90.8 cm³/mol. The molecule has 0 atom stereocenters. The largest absolute Gasteiger partial charge is 0.464 e. The second-order valence-corrected chi connectivity index (χ2v) is 5.53. The Hall–Kier alpha value is -2.38. The number of halogens is 2. The number of nitro groups is 1. The zero-order chi connectivity index (χ0) is 17.9. The Labute approximate surface area is 147 Å². The van der Waals surface area contributed by atoms with Crippen LogP contribution in [0.25, 0.3) is 0 Å². The van der Waals surface area contributed by atoms with Gasteiger partial charge in [0.05, 0.1) is 17.7 Å². The van der Waals surface area contributed by atoms with Crippen molar-refractivity contribution in [1.82, 2.24) is 4.98 Å². The fourth-order valence-corrected chi connectivity index (χ4v) is 2.57. The van der Waals surface area contributed by atoms with E-state index in [1.807, 2.05) is 0 Å². The van der Waals surface area contributed by atoms with Crippen molar-refractivity contribution in [2.45, 2.75) is 13.5 Å². The average Bonchev–Trinajstić information content (AvgIpc) is 2.57. The van der Waals surface area contributed by atoms with Gasteiger partial charge in [-0.3, -0.25) is 10.1 Å². The van der Waals surface area contributed by atoms with Crippen LogP contribution in [-0.4, -0.2) is 23.0 Å². The van der Waals surface area contributed by atoms with Crippen molar-refractivity contribution in [2.24, 2.45) is 0 Å². The first-order valence-corrected chi connectivity index (χ1v) is 7.52. The summed E-state index contributed by atoms with van der Waals surface area (Å²) in [6, 6.07) is 6.31. The number of ether oxygens (including phenoxy) is 1. The Kier molecular flexibility index (Phi) is 5.58. The van der Waals surface area contributed by atoms with E-state index in [4.69, 9.17) is 23.2 Å². The van der Waals surface area contributed by atoms with Crippen molar-refractivity contribution in [2.75, 3.05) is 12.4 Å². The Morgan fingerprint density at radius 3 is 2.67 bits per heavy atom. The van der Waals surface area contributed by atoms with Crippen molar-refractivity contribution in [3.8, 4) is 0 Å². The topological polar surface area (TPSA) is 94.4 Å². The molecule has 0 saturated carbocycles. The Morgan fingerprint density at radius 1 is 1.38 bits per heavy atom. The van der Waals surface area contributed by atoms with Gasteiger partial charge in [-0.1, -0.05) is 41.4 Å². The molecule has 0 fully saturated rings. The summed E-state index contributed by atoms with van der Waals surface area (Å²) in [6.45, 7) is 1.75. The van der Waals surface area contributed by atoms with E-state index in [-0.39, 0.29) is 28.1 Å². The summed E-state index contributed by atoms with van der Waals surface area (Å²) in [5.41, 5.74) is 1.28. The number of anilines is 1. The highest BCUT2D eigenvalue weighted by Crippen LogP contribution is 2.34. The highest BCUT2D eigenvalue weighted by atomic mass is 35.5. The molecule has 7 nitrogen and oxygen atoms in total. The molecule has 1 aromatic heterocycles. The fourth-order valence-electron chi connectivity index (χ4n) is 2.14. The van der Waals surface area contributed by atoms with Gasteiger partial charge in [0, 0.05) is 23.7 Å². The van der Waals surface area contributed by atoms with Crippen molar-refractivity contribution in [1.29, 1.82) is 0 Å². The summed E-state index contributed by atoms with van der Waals surface area (Å²) in [7, 11) is 1.23. The fraction of sp³-hybridized carbons (Fsp3) is 0.200. The minimum atomic E-state index is -0.653. The minimum absolute atomic E-state index is 0.0212. The van der Waals surface area contributed by atoms with Crippen LogP contribution in [0.15, 0.2) is 24.3 Å². The maximum absolute atomic E-state index is 11.8. The van der Waals surface area contributed by atoms with Gasteiger partial charge in [-0.25, -0.2) is 9.78 Å². The van der Waals surface area contributed by atoms with Crippen molar-refractivity contribution < 1.29 is 14.5 Å². The van der Waals surface area contributed by atoms with E-state index in [1.165, 1.54) is 13.2 Å². The van der Waals surface area contributed by atoms with E-state index in [2.05, 4.69) is 15.0 Å². The lowest BCUT2D eigenvalue weighted by atomic mass is 10.1. The molecule has 0 aliphatic heterocycles. The number of pyridine rings is 1. The van der Waals surface area contributed by atoms with Crippen LogP contribution in [0.1, 0.15) is 21.6 Å². The molecule has 2 rings (SSSR count). The first-order valence-electron chi connectivity index (χ1n) is 6.76. The number of methoxy groups -OCH3 is 1. The van der Waals surface area contributed by atoms with E-state index >= 15 is 0 Å². The van der Waals surface area contributed by atoms with Gasteiger partial charge in [-0.05, 0) is 6.92 Å². The summed E-state index contributed by atoms with van der Waals surface area (Å²) in [4.78, 5) is 26.3. The standard InChI is InChI=1S/C15H13Cl2N3O4/c1-8-12(11(16)14(17)19-13(8)15(21)24-2)18-7-9-5-3-4-6-10(9)20(22)23/h3-6H,7H2,1-2H3,(H,18,19). The van der Waals surface area contributed by atoms with Gasteiger partial charge in [-0.15, -0.1) is 0 Å². The molecule has 0 saturated heterocycles. The molecular weight excluding hydrogens is 357 g/mol. The number of nitrogens with one attached hydrogen (secondary N) is 1. The third kappa shape index (κ3) is 3.58. The first-order chi connectivity index (χ1) is 11.4. The highest BCUT2D eigenvalue weighted by molar-refractivity contribution is 6.43. The number of aromatic nitrogens is 1. The lowest BCUT2D eigenvalue weighted by Gasteiger charge is -2.15. The minimum Gasteiger partial charge on any atom is -0.464 e. The second-order valence-electron chi connectivity index (χ2n) is 4.80. The van der Waals surface area contributed by atoms with Crippen LogP contribution in [0.3, 0.4) is 0 Å². The molecule has 0 bridgehead atoms. The van der Waals surface area contributed by atoms with Crippen molar-refractivity contribution in [3.63, 3.8) is 0 Å². The first kappa shape index (κ1) is 18.0. The number of hydrogen-bond donors (Lipinski definition) is 1. The molecule has 0 aliphatic carbocycles. The van der Waals surface area contributed by atoms with Gasteiger partial charge in [0.2, 0.25) is 0 Å². The number of hydrogen-bond acceptors (Lipinski definition) is 6. The number of carbonyl (C=O) groups is 1. The van der Waals surface area contributed by atoms with Gasteiger partial charge >= 0.3 is 5.97 Å². The van der Waals surface area contributed by atoms with E-state index in [9.17, 15) is 14.9 Å². The Morgan fingerprint density at radius 2 is 2.04 bits per heavy atom. The third-order valence-corrected chi connectivity index (χ3v) is 4.10. The summed E-state index contributed by atoms with van der Waals surface area (Å²) >= 11 is 12.1. The van der Waals surface area contributed by atoms with Crippen LogP contribution < -0.4 is 5.32 Å². The number of carbonyl (C=O) groups excluding carboxylic acids is 1. The second kappa shape index (κ2) is 7.46. The number of benzene rings is 1. The molecule has 2 aromatic rings. The molecular formula is C15H13Cl2N3O4. The van der Waals surface area contributed by atoms with Gasteiger partial charge in [0.25, 0.3) is 5.69 Å². The average molecular weight is 370 g/mol. The highest BCUT2D eigenvalue weighted by Gasteiger charge is 2.21.